The summed E-state index contributed by atoms with van der Waals surface area (Å²) in [5.41, 5.74) is 0. The van der Waals surface area contributed by atoms with Gasteiger partial charge in [-0.1, -0.05) is 12.8 Å². The van der Waals surface area contributed by atoms with E-state index in [4.69, 9.17) is 4.74 Å². The van der Waals surface area contributed by atoms with E-state index >= 15 is 0 Å². The molecule has 0 spiro atoms. The first-order valence-corrected chi connectivity index (χ1v) is 6.20. The first-order chi connectivity index (χ1) is 7.31. The first-order valence-electron chi connectivity index (χ1n) is 6.20. The third-order valence-corrected chi connectivity index (χ3v) is 3.82. The molecule has 3 nitrogen and oxygen atoms in total. The van der Waals surface area contributed by atoms with Crippen molar-refractivity contribution in [2.24, 2.45) is 11.8 Å². The molecule has 3 heteroatoms. The predicted octanol–water partition coefficient (Wildman–Crippen LogP) is 1.72. The van der Waals surface area contributed by atoms with Crippen molar-refractivity contribution in [3.8, 4) is 0 Å². The van der Waals surface area contributed by atoms with E-state index in [1.807, 2.05) is 6.92 Å². The summed E-state index contributed by atoms with van der Waals surface area (Å²) in [6.45, 7) is 3.47. The standard InChI is InChI=1S/C12H21NO2/c1-2-15-12(14)7-11-10-6-4-3-5-9(10)8-13-11/h9-11,13H,2-8H2,1H3. The summed E-state index contributed by atoms with van der Waals surface area (Å²) >= 11 is 0. The highest BCUT2D eigenvalue weighted by atomic mass is 16.5. The number of rotatable bonds is 3. The Morgan fingerprint density at radius 1 is 1.40 bits per heavy atom. The van der Waals surface area contributed by atoms with Crippen LogP contribution in [0.3, 0.4) is 0 Å². The van der Waals surface area contributed by atoms with Crippen LogP contribution in [0.1, 0.15) is 39.0 Å². The van der Waals surface area contributed by atoms with Crippen molar-refractivity contribution < 1.29 is 9.53 Å². The Bertz CT molecular complexity index is 230. The monoisotopic (exact) mass is 211 g/mol. The topological polar surface area (TPSA) is 38.3 Å². The second kappa shape index (κ2) is 4.97. The quantitative estimate of drug-likeness (QED) is 0.722. The van der Waals surface area contributed by atoms with Crippen molar-refractivity contribution in [3.05, 3.63) is 0 Å². The highest BCUT2D eigenvalue weighted by molar-refractivity contribution is 5.70. The van der Waals surface area contributed by atoms with Gasteiger partial charge in [0.2, 0.25) is 0 Å². The van der Waals surface area contributed by atoms with Crippen LogP contribution in [0.2, 0.25) is 0 Å². The molecule has 1 heterocycles. The molecule has 0 aromatic rings. The maximum atomic E-state index is 11.4. The number of ether oxygens (including phenoxy) is 1. The van der Waals surface area contributed by atoms with Crippen molar-refractivity contribution in [2.75, 3.05) is 13.2 Å². The van der Waals surface area contributed by atoms with E-state index in [1.165, 1.54) is 25.7 Å². The van der Waals surface area contributed by atoms with Gasteiger partial charge in [-0.3, -0.25) is 4.79 Å². The molecule has 2 aliphatic rings. The van der Waals surface area contributed by atoms with Crippen molar-refractivity contribution in [1.29, 1.82) is 0 Å². The molecule has 1 aliphatic carbocycles. The van der Waals surface area contributed by atoms with E-state index in [9.17, 15) is 4.79 Å². The minimum atomic E-state index is -0.0405. The second-order valence-electron chi connectivity index (χ2n) is 4.73. The molecule has 1 aliphatic heterocycles. The van der Waals surface area contributed by atoms with Crippen molar-refractivity contribution >= 4 is 5.97 Å². The maximum absolute atomic E-state index is 11.4. The molecular weight excluding hydrogens is 190 g/mol. The molecule has 0 aromatic heterocycles. The highest BCUT2D eigenvalue weighted by Crippen LogP contribution is 2.36. The van der Waals surface area contributed by atoms with Gasteiger partial charge in [0, 0.05) is 6.04 Å². The molecule has 1 saturated carbocycles. The lowest BCUT2D eigenvalue weighted by molar-refractivity contribution is -0.143. The number of carbonyl (C=O) groups excluding carboxylic acids is 1. The number of fused-ring (bicyclic) bond motifs is 1. The summed E-state index contributed by atoms with van der Waals surface area (Å²) in [7, 11) is 0. The Kier molecular flexibility index (Phi) is 3.62. The van der Waals surface area contributed by atoms with Crippen LogP contribution in [-0.4, -0.2) is 25.2 Å². The SMILES string of the molecule is CCOC(=O)CC1NCC2CCCCC21. The van der Waals surface area contributed by atoms with Gasteiger partial charge in [-0.25, -0.2) is 0 Å². The van der Waals surface area contributed by atoms with Gasteiger partial charge in [0.25, 0.3) is 0 Å². The predicted molar refractivity (Wildman–Crippen MR) is 58.5 cm³/mol. The molecular formula is C12H21NO2. The summed E-state index contributed by atoms with van der Waals surface area (Å²) in [5.74, 6) is 1.50. The van der Waals surface area contributed by atoms with E-state index in [0.29, 0.717) is 19.1 Å². The minimum Gasteiger partial charge on any atom is -0.466 e. The highest BCUT2D eigenvalue weighted by Gasteiger charge is 2.38. The number of hydrogen-bond donors (Lipinski definition) is 1. The molecule has 15 heavy (non-hydrogen) atoms. The zero-order chi connectivity index (χ0) is 10.7. The average Bonchev–Trinajstić information content (AvgIpc) is 2.62. The molecule has 0 bridgehead atoms. The number of carbonyl (C=O) groups is 1. The Morgan fingerprint density at radius 3 is 3.00 bits per heavy atom. The molecule has 0 amide bonds. The summed E-state index contributed by atoms with van der Waals surface area (Å²) in [5, 5.41) is 3.49. The molecule has 1 N–H and O–H groups in total. The Balaban J connectivity index is 1.85. The zero-order valence-electron chi connectivity index (χ0n) is 9.50. The summed E-state index contributed by atoms with van der Waals surface area (Å²) in [6, 6.07) is 0.384. The maximum Gasteiger partial charge on any atom is 0.307 e. The Labute approximate surface area is 91.6 Å². The van der Waals surface area contributed by atoms with Crippen molar-refractivity contribution in [3.63, 3.8) is 0 Å². The molecule has 86 valence electrons. The van der Waals surface area contributed by atoms with E-state index in [0.717, 1.165) is 18.4 Å². The average molecular weight is 211 g/mol. The molecule has 0 aromatic carbocycles. The fourth-order valence-electron chi connectivity index (χ4n) is 3.10. The normalized spacial score (nSPS) is 34.9. The van der Waals surface area contributed by atoms with Gasteiger partial charge >= 0.3 is 5.97 Å². The summed E-state index contributed by atoms with van der Waals surface area (Å²) in [4.78, 5) is 11.4. The fourth-order valence-corrected chi connectivity index (χ4v) is 3.10. The van der Waals surface area contributed by atoms with Crippen LogP contribution in [-0.2, 0) is 9.53 Å². The smallest absolute Gasteiger partial charge is 0.307 e. The van der Waals surface area contributed by atoms with Crippen LogP contribution < -0.4 is 5.32 Å². The zero-order valence-corrected chi connectivity index (χ0v) is 9.50. The third kappa shape index (κ3) is 2.51. The number of esters is 1. The van der Waals surface area contributed by atoms with Crippen LogP contribution in [0.4, 0.5) is 0 Å². The van der Waals surface area contributed by atoms with Crippen LogP contribution >= 0.6 is 0 Å². The molecule has 2 rings (SSSR count). The van der Waals surface area contributed by atoms with Crippen molar-refractivity contribution in [2.45, 2.75) is 45.1 Å². The Morgan fingerprint density at radius 2 is 2.20 bits per heavy atom. The fraction of sp³-hybridized carbons (Fsp3) is 0.917. The van der Waals surface area contributed by atoms with Crippen molar-refractivity contribution in [1.82, 2.24) is 5.32 Å². The molecule has 1 saturated heterocycles. The van der Waals surface area contributed by atoms with Crippen LogP contribution in [0.15, 0.2) is 0 Å². The largest absolute Gasteiger partial charge is 0.466 e. The summed E-state index contributed by atoms with van der Waals surface area (Å²) in [6.07, 6.45) is 5.91. The van der Waals surface area contributed by atoms with Gasteiger partial charge < -0.3 is 10.1 Å². The van der Waals surface area contributed by atoms with Gasteiger partial charge in [-0.2, -0.15) is 0 Å². The van der Waals surface area contributed by atoms with Gasteiger partial charge in [-0.15, -0.1) is 0 Å². The van der Waals surface area contributed by atoms with Gasteiger partial charge in [0.05, 0.1) is 13.0 Å². The van der Waals surface area contributed by atoms with E-state index in [-0.39, 0.29) is 5.97 Å². The van der Waals surface area contributed by atoms with Gasteiger partial charge in [0.15, 0.2) is 0 Å². The third-order valence-electron chi connectivity index (χ3n) is 3.82. The lowest BCUT2D eigenvalue weighted by Gasteiger charge is -2.27. The number of nitrogens with one attached hydrogen (secondary N) is 1. The van der Waals surface area contributed by atoms with Crippen LogP contribution in [0.5, 0.6) is 0 Å². The second-order valence-corrected chi connectivity index (χ2v) is 4.73. The molecule has 3 unspecified atom stereocenters. The molecule has 3 atom stereocenters. The van der Waals surface area contributed by atoms with E-state index in [2.05, 4.69) is 5.32 Å². The minimum absolute atomic E-state index is 0.0405. The van der Waals surface area contributed by atoms with Crippen LogP contribution in [0.25, 0.3) is 0 Å². The Hall–Kier alpha value is -0.570. The lowest BCUT2D eigenvalue weighted by Crippen LogP contribution is -2.31. The van der Waals surface area contributed by atoms with E-state index < -0.39 is 0 Å². The van der Waals surface area contributed by atoms with E-state index in [1.54, 1.807) is 0 Å². The number of hydrogen-bond acceptors (Lipinski definition) is 3. The van der Waals surface area contributed by atoms with Gasteiger partial charge in [0.1, 0.15) is 0 Å². The molecule has 2 fully saturated rings. The summed E-state index contributed by atoms with van der Waals surface area (Å²) < 4.78 is 5.00. The van der Waals surface area contributed by atoms with Crippen LogP contribution in [0, 0.1) is 11.8 Å². The molecule has 0 radical (unpaired) electrons. The van der Waals surface area contributed by atoms with Gasteiger partial charge in [-0.05, 0) is 38.1 Å². The lowest BCUT2D eigenvalue weighted by atomic mass is 9.78. The first kappa shape index (κ1) is 10.9.